The first-order chi connectivity index (χ1) is 6.63. The van der Waals surface area contributed by atoms with E-state index < -0.39 is 0 Å². The molecule has 0 bridgehead atoms. The molecule has 76 valence electrons. The third-order valence-corrected chi connectivity index (χ3v) is 2.67. The first kappa shape index (κ1) is 9.46. The number of methoxy groups -OCH3 is 1. The summed E-state index contributed by atoms with van der Waals surface area (Å²) >= 11 is 0. The van der Waals surface area contributed by atoms with Gasteiger partial charge in [-0.05, 0) is 31.0 Å². The lowest BCUT2D eigenvalue weighted by Crippen LogP contribution is -2.04. The van der Waals surface area contributed by atoms with E-state index in [4.69, 9.17) is 10.5 Å². The van der Waals surface area contributed by atoms with Crippen LogP contribution >= 0.6 is 0 Å². The Morgan fingerprint density at radius 1 is 1.50 bits per heavy atom. The number of hydrogen-bond acceptors (Lipinski definition) is 2. The van der Waals surface area contributed by atoms with E-state index in [1.165, 1.54) is 6.07 Å². The number of hydrogen-bond donors (Lipinski definition) is 1. The lowest BCUT2D eigenvalue weighted by atomic mass is 10.1. The number of ether oxygens (including phenoxy) is 1. The number of benzene rings is 1. The molecule has 0 amide bonds. The average molecular weight is 195 g/mol. The topological polar surface area (TPSA) is 35.2 Å². The molecule has 1 aliphatic carbocycles. The highest BCUT2D eigenvalue weighted by Gasteiger charge is 2.39. The molecule has 1 aliphatic rings. The normalized spacial score (nSPS) is 24.9. The van der Waals surface area contributed by atoms with Gasteiger partial charge in [0.2, 0.25) is 0 Å². The predicted octanol–water partition coefficient (Wildman–Crippen LogP) is 1.96. The van der Waals surface area contributed by atoms with Gasteiger partial charge in [0.25, 0.3) is 0 Å². The number of aryl methyl sites for hydroxylation is 1. The molecule has 1 aromatic carbocycles. The molecule has 0 aliphatic heterocycles. The molecule has 0 saturated heterocycles. The van der Waals surface area contributed by atoms with E-state index in [1.807, 2.05) is 13.0 Å². The highest BCUT2D eigenvalue weighted by molar-refractivity contribution is 5.44. The summed E-state index contributed by atoms with van der Waals surface area (Å²) < 4.78 is 18.8. The Hall–Kier alpha value is -1.09. The highest BCUT2D eigenvalue weighted by Crippen LogP contribution is 2.44. The highest BCUT2D eigenvalue weighted by atomic mass is 19.1. The van der Waals surface area contributed by atoms with Crippen LogP contribution in [0.25, 0.3) is 0 Å². The van der Waals surface area contributed by atoms with Gasteiger partial charge in [-0.2, -0.15) is 0 Å². The second kappa shape index (κ2) is 3.24. The van der Waals surface area contributed by atoms with Gasteiger partial charge in [0.05, 0.1) is 7.11 Å². The van der Waals surface area contributed by atoms with Crippen molar-refractivity contribution in [2.75, 3.05) is 7.11 Å². The van der Waals surface area contributed by atoms with Crippen molar-refractivity contribution in [2.45, 2.75) is 25.3 Å². The molecule has 1 aromatic rings. The zero-order chi connectivity index (χ0) is 10.3. The van der Waals surface area contributed by atoms with Gasteiger partial charge in [0.1, 0.15) is 11.6 Å². The van der Waals surface area contributed by atoms with E-state index in [0.717, 1.165) is 12.0 Å². The summed E-state index contributed by atoms with van der Waals surface area (Å²) in [5.41, 5.74) is 7.22. The van der Waals surface area contributed by atoms with Crippen molar-refractivity contribution >= 4 is 0 Å². The number of rotatable bonds is 2. The van der Waals surface area contributed by atoms with E-state index in [2.05, 4.69) is 0 Å². The molecule has 2 nitrogen and oxygen atoms in total. The van der Waals surface area contributed by atoms with Crippen molar-refractivity contribution in [3.8, 4) is 5.75 Å². The van der Waals surface area contributed by atoms with Crippen molar-refractivity contribution < 1.29 is 9.13 Å². The second-order valence-corrected chi connectivity index (χ2v) is 3.87. The molecule has 1 saturated carbocycles. The van der Waals surface area contributed by atoms with Crippen LogP contribution in [0.15, 0.2) is 12.1 Å². The summed E-state index contributed by atoms with van der Waals surface area (Å²) in [7, 11) is 1.56. The third kappa shape index (κ3) is 1.48. The van der Waals surface area contributed by atoms with Crippen molar-refractivity contribution in [1.29, 1.82) is 0 Å². The summed E-state index contributed by atoms with van der Waals surface area (Å²) in [5, 5.41) is 0. The number of nitrogens with two attached hydrogens (primary N) is 1. The van der Waals surface area contributed by atoms with E-state index in [-0.39, 0.29) is 17.8 Å². The van der Waals surface area contributed by atoms with Gasteiger partial charge < -0.3 is 10.5 Å². The van der Waals surface area contributed by atoms with Gasteiger partial charge >= 0.3 is 0 Å². The molecule has 2 atom stereocenters. The summed E-state index contributed by atoms with van der Waals surface area (Å²) in [6.07, 6.45) is 0.857. The molecule has 0 unspecified atom stereocenters. The fraction of sp³-hybridized carbons (Fsp3) is 0.455. The summed E-state index contributed by atoms with van der Waals surface area (Å²) in [6, 6.07) is 3.48. The van der Waals surface area contributed by atoms with Crippen LogP contribution in [0.1, 0.15) is 23.5 Å². The zero-order valence-electron chi connectivity index (χ0n) is 8.38. The Bertz CT molecular complexity index is 365. The molecule has 2 N–H and O–H groups in total. The average Bonchev–Trinajstić information content (AvgIpc) is 2.80. The molecule has 0 spiro atoms. The van der Waals surface area contributed by atoms with Crippen LogP contribution in [-0.4, -0.2) is 13.2 Å². The minimum atomic E-state index is -0.195. The summed E-state index contributed by atoms with van der Waals surface area (Å²) in [4.78, 5) is 0. The van der Waals surface area contributed by atoms with Gasteiger partial charge in [0, 0.05) is 17.5 Å². The van der Waals surface area contributed by atoms with Crippen LogP contribution in [-0.2, 0) is 0 Å². The van der Waals surface area contributed by atoms with Gasteiger partial charge in [-0.15, -0.1) is 0 Å². The van der Waals surface area contributed by atoms with E-state index >= 15 is 0 Å². The van der Waals surface area contributed by atoms with Crippen molar-refractivity contribution in [1.82, 2.24) is 0 Å². The molecule has 14 heavy (non-hydrogen) atoms. The molecule has 3 heteroatoms. The third-order valence-electron chi connectivity index (χ3n) is 2.67. The fourth-order valence-electron chi connectivity index (χ4n) is 1.80. The molecule has 0 radical (unpaired) electrons. The minimum Gasteiger partial charge on any atom is -0.496 e. The van der Waals surface area contributed by atoms with E-state index in [9.17, 15) is 4.39 Å². The van der Waals surface area contributed by atoms with Gasteiger partial charge in [-0.1, -0.05) is 0 Å². The largest absolute Gasteiger partial charge is 0.496 e. The van der Waals surface area contributed by atoms with Crippen LogP contribution in [0, 0.1) is 12.7 Å². The smallest absolute Gasteiger partial charge is 0.130 e. The van der Waals surface area contributed by atoms with E-state index in [1.54, 1.807) is 7.11 Å². The molecule has 0 aromatic heterocycles. The standard InChI is InChI=1S/C11H14FNO/c1-6-3-8(12)11(7-5-9(7)13)10(4-6)14-2/h3-4,7,9H,5,13H2,1-2H3/t7-,9-/m1/s1. The molecule has 1 fully saturated rings. The van der Waals surface area contributed by atoms with Crippen LogP contribution in [0.5, 0.6) is 5.75 Å². The maximum absolute atomic E-state index is 13.6. The lowest BCUT2D eigenvalue weighted by Gasteiger charge is -2.10. The Labute approximate surface area is 82.9 Å². The van der Waals surface area contributed by atoms with Gasteiger partial charge in [-0.25, -0.2) is 4.39 Å². The quantitative estimate of drug-likeness (QED) is 0.782. The Kier molecular flexibility index (Phi) is 2.19. The minimum absolute atomic E-state index is 0.0982. The van der Waals surface area contributed by atoms with Crippen molar-refractivity contribution in [3.05, 3.63) is 29.1 Å². The van der Waals surface area contributed by atoms with E-state index in [0.29, 0.717) is 11.3 Å². The summed E-state index contributed by atoms with van der Waals surface area (Å²) in [5.74, 6) is 0.575. The zero-order valence-corrected chi connectivity index (χ0v) is 8.38. The Balaban J connectivity index is 2.46. The van der Waals surface area contributed by atoms with Crippen LogP contribution in [0.4, 0.5) is 4.39 Å². The number of halogens is 1. The summed E-state index contributed by atoms with van der Waals surface area (Å²) in [6.45, 7) is 1.85. The first-order valence-corrected chi connectivity index (χ1v) is 4.73. The Morgan fingerprint density at radius 2 is 2.14 bits per heavy atom. The first-order valence-electron chi connectivity index (χ1n) is 4.73. The Morgan fingerprint density at radius 3 is 2.64 bits per heavy atom. The van der Waals surface area contributed by atoms with Gasteiger partial charge in [-0.3, -0.25) is 0 Å². The SMILES string of the molecule is COc1cc(C)cc(F)c1[C@@H]1C[C@H]1N. The lowest BCUT2D eigenvalue weighted by molar-refractivity contribution is 0.404. The molecule has 0 heterocycles. The van der Waals surface area contributed by atoms with Gasteiger partial charge in [0.15, 0.2) is 0 Å². The maximum atomic E-state index is 13.6. The molecular weight excluding hydrogens is 181 g/mol. The monoisotopic (exact) mass is 195 g/mol. The van der Waals surface area contributed by atoms with Crippen molar-refractivity contribution in [2.24, 2.45) is 5.73 Å². The van der Waals surface area contributed by atoms with Crippen LogP contribution in [0.3, 0.4) is 0 Å². The second-order valence-electron chi connectivity index (χ2n) is 3.87. The van der Waals surface area contributed by atoms with Crippen LogP contribution in [0.2, 0.25) is 0 Å². The van der Waals surface area contributed by atoms with Crippen LogP contribution < -0.4 is 10.5 Å². The predicted molar refractivity (Wildman–Crippen MR) is 53.0 cm³/mol. The molecular formula is C11H14FNO. The fourth-order valence-corrected chi connectivity index (χ4v) is 1.80. The van der Waals surface area contributed by atoms with Crippen molar-refractivity contribution in [3.63, 3.8) is 0 Å². The maximum Gasteiger partial charge on any atom is 0.130 e. The molecule has 2 rings (SSSR count).